The zero-order valence-electron chi connectivity index (χ0n) is 11.8. The Morgan fingerprint density at radius 1 is 1.40 bits per heavy atom. The Hall–Kier alpha value is -1.91. The molecule has 0 aliphatic carbocycles. The molecule has 0 aliphatic rings. The van der Waals surface area contributed by atoms with Crippen molar-refractivity contribution in [2.24, 2.45) is 0 Å². The Morgan fingerprint density at radius 2 is 2.10 bits per heavy atom. The Balaban J connectivity index is 2.38. The average molecular weight is 281 g/mol. The summed E-state index contributed by atoms with van der Waals surface area (Å²) >= 11 is 0. The highest BCUT2D eigenvalue weighted by Gasteiger charge is 2.16. The molecule has 1 amide bonds. The van der Waals surface area contributed by atoms with E-state index in [0.717, 1.165) is 5.56 Å². The number of hydrogen-bond acceptors (Lipinski definition) is 2. The molecule has 1 atom stereocenters. The molecule has 5 heteroatoms. The summed E-state index contributed by atoms with van der Waals surface area (Å²) < 4.78 is 13.1. The number of carboxylic acids is 1. The van der Waals surface area contributed by atoms with Crippen LogP contribution in [0.1, 0.15) is 37.3 Å². The van der Waals surface area contributed by atoms with Crippen molar-refractivity contribution in [1.82, 2.24) is 5.32 Å². The van der Waals surface area contributed by atoms with Gasteiger partial charge in [0.05, 0.1) is 0 Å². The zero-order chi connectivity index (χ0) is 15.1. The Kier molecular flexibility index (Phi) is 6.15. The fraction of sp³-hybridized carbons (Fsp3) is 0.467. The van der Waals surface area contributed by atoms with Crippen molar-refractivity contribution in [3.05, 3.63) is 35.1 Å². The van der Waals surface area contributed by atoms with Crippen LogP contribution >= 0.6 is 0 Å². The lowest BCUT2D eigenvalue weighted by atomic mass is 10.1. The number of carbonyl (C=O) groups excluding carboxylic acids is 1. The topological polar surface area (TPSA) is 66.4 Å². The van der Waals surface area contributed by atoms with E-state index in [2.05, 4.69) is 5.32 Å². The van der Waals surface area contributed by atoms with Crippen LogP contribution in [0.3, 0.4) is 0 Å². The highest BCUT2D eigenvalue weighted by Crippen LogP contribution is 2.11. The molecule has 1 rings (SSSR count). The monoisotopic (exact) mass is 281 g/mol. The largest absolute Gasteiger partial charge is 0.480 e. The normalized spacial score (nSPS) is 11.9. The quantitative estimate of drug-likeness (QED) is 0.806. The first-order valence-corrected chi connectivity index (χ1v) is 6.71. The third kappa shape index (κ3) is 4.99. The summed E-state index contributed by atoms with van der Waals surface area (Å²) in [5.41, 5.74) is 1.56. The number of hydrogen-bond donors (Lipinski definition) is 2. The summed E-state index contributed by atoms with van der Waals surface area (Å²) in [5, 5.41) is 11.3. The summed E-state index contributed by atoms with van der Waals surface area (Å²) in [7, 11) is 0. The predicted molar refractivity (Wildman–Crippen MR) is 73.9 cm³/mol. The first kappa shape index (κ1) is 16.1. The van der Waals surface area contributed by atoms with Crippen LogP contribution in [0.25, 0.3) is 0 Å². The third-order valence-corrected chi connectivity index (χ3v) is 3.13. The molecule has 1 unspecified atom stereocenters. The van der Waals surface area contributed by atoms with Gasteiger partial charge in [-0.1, -0.05) is 19.1 Å². The first-order valence-electron chi connectivity index (χ1n) is 6.71. The second kappa shape index (κ2) is 7.62. The number of carbonyl (C=O) groups is 2. The lowest BCUT2D eigenvalue weighted by Crippen LogP contribution is -2.40. The fourth-order valence-electron chi connectivity index (χ4n) is 1.92. The van der Waals surface area contributed by atoms with Crippen molar-refractivity contribution in [3.63, 3.8) is 0 Å². The Morgan fingerprint density at radius 3 is 2.65 bits per heavy atom. The van der Waals surface area contributed by atoms with Crippen molar-refractivity contribution < 1.29 is 19.1 Å². The van der Waals surface area contributed by atoms with Gasteiger partial charge in [-0.25, -0.2) is 9.18 Å². The van der Waals surface area contributed by atoms with Gasteiger partial charge in [-0.15, -0.1) is 0 Å². The van der Waals surface area contributed by atoms with E-state index in [9.17, 15) is 14.0 Å². The van der Waals surface area contributed by atoms with Crippen LogP contribution in [-0.2, 0) is 16.0 Å². The maximum absolute atomic E-state index is 13.1. The fourth-order valence-corrected chi connectivity index (χ4v) is 1.92. The maximum atomic E-state index is 13.1. The third-order valence-electron chi connectivity index (χ3n) is 3.13. The van der Waals surface area contributed by atoms with Gasteiger partial charge in [-0.05, 0) is 43.4 Å². The van der Waals surface area contributed by atoms with Crippen LogP contribution in [0.4, 0.5) is 4.39 Å². The minimum absolute atomic E-state index is 0.237. The Labute approximate surface area is 118 Å². The molecule has 110 valence electrons. The summed E-state index contributed by atoms with van der Waals surface area (Å²) in [6, 6.07) is 4.06. The van der Waals surface area contributed by atoms with Gasteiger partial charge < -0.3 is 10.4 Å². The van der Waals surface area contributed by atoms with Crippen LogP contribution in [0, 0.1) is 12.7 Å². The zero-order valence-corrected chi connectivity index (χ0v) is 11.8. The highest BCUT2D eigenvalue weighted by molar-refractivity contribution is 5.83. The predicted octanol–water partition coefficient (Wildman–Crippen LogP) is 2.44. The van der Waals surface area contributed by atoms with Crippen LogP contribution in [0.15, 0.2) is 18.2 Å². The van der Waals surface area contributed by atoms with E-state index < -0.39 is 12.0 Å². The van der Waals surface area contributed by atoms with E-state index in [1.165, 1.54) is 6.07 Å². The second-order valence-corrected chi connectivity index (χ2v) is 4.80. The Bertz CT molecular complexity index is 488. The SMILES string of the molecule is CCC(NC(=O)CCCc1ccc(F)c(C)c1)C(=O)O. The minimum Gasteiger partial charge on any atom is -0.480 e. The molecule has 2 N–H and O–H groups in total. The number of aliphatic carboxylic acids is 1. The van der Waals surface area contributed by atoms with Crippen LogP contribution in [0.5, 0.6) is 0 Å². The van der Waals surface area contributed by atoms with Crippen molar-refractivity contribution in [1.29, 1.82) is 0 Å². The minimum atomic E-state index is -1.02. The van der Waals surface area contributed by atoms with Gasteiger partial charge >= 0.3 is 5.97 Å². The van der Waals surface area contributed by atoms with Gasteiger partial charge in [-0.3, -0.25) is 4.79 Å². The van der Waals surface area contributed by atoms with Crippen molar-refractivity contribution in [2.75, 3.05) is 0 Å². The van der Waals surface area contributed by atoms with Gasteiger partial charge in [0.15, 0.2) is 0 Å². The van der Waals surface area contributed by atoms with Gasteiger partial charge in [-0.2, -0.15) is 0 Å². The first-order chi connectivity index (χ1) is 9.43. The molecule has 20 heavy (non-hydrogen) atoms. The lowest BCUT2D eigenvalue weighted by Gasteiger charge is -2.12. The van der Waals surface area contributed by atoms with Crippen molar-refractivity contribution in [2.45, 2.75) is 45.6 Å². The highest BCUT2D eigenvalue weighted by atomic mass is 19.1. The van der Waals surface area contributed by atoms with Gasteiger partial charge in [0.1, 0.15) is 11.9 Å². The second-order valence-electron chi connectivity index (χ2n) is 4.80. The molecule has 4 nitrogen and oxygen atoms in total. The molecule has 0 radical (unpaired) electrons. The molecular weight excluding hydrogens is 261 g/mol. The summed E-state index contributed by atoms with van der Waals surface area (Å²) in [6.07, 6.45) is 1.89. The van der Waals surface area contributed by atoms with Crippen LogP contribution in [0.2, 0.25) is 0 Å². The number of halogens is 1. The molecule has 0 saturated heterocycles. The average Bonchev–Trinajstić information content (AvgIpc) is 2.39. The standard InChI is InChI=1S/C15H20FNO3/c1-3-13(15(19)20)17-14(18)6-4-5-11-7-8-12(16)10(2)9-11/h7-9,13H,3-6H2,1-2H3,(H,17,18)(H,19,20). The van der Waals surface area contributed by atoms with Crippen molar-refractivity contribution in [3.8, 4) is 0 Å². The molecule has 0 heterocycles. The van der Waals surface area contributed by atoms with Crippen molar-refractivity contribution >= 4 is 11.9 Å². The number of aryl methyl sites for hydroxylation is 2. The summed E-state index contributed by atoms with van der Waals surface area (Å²) in [5.74, 6) is -1.52. The van der Waals surface area contributed by atoms with Gasteiger partial charge in [0, 0.05) is 6.42 Å². The molecular formula is C15H20FNO3. The van der Waals surface area contributed by atoms with Crippen LogP contribution in [-0.4, -0.2) is 23.0 Å². The van der Waals surface area contributed by atoms with Gasteiger partial charge in [0.25, 0.3) is 0 Å². The lowest BCUT2D eigenvalue weighted by molar-refractivity contribution is -0.141. The van der Waals surface area contributed by atoms with E-state index in [-0.39, 0.29) is 18.1 Å². The van der Waals surface area contributed by atoms with E-state index >= 15 is 0 Å². The van der Waals surface area contributed by atoms with Crippen LogP contribution < -0.4 is 5.32 Å². The number of nitrogens with one attached hydrogen (secondary N) is 1. The van der Waals surface area contributed by atoms with Gasteiger partial charge in [0.2, 0.25) is 5.91 Å². The molecule has 0 saturated carbocycles. The van der Waals surface area contributed by atoms with E-state index in [1.807, 2.05) is 0 Å². The molecule has 1 aromatic rings. The molecule has 0 spiro atoms. The van der Waals surface area contributed by atoms with E-state index in [1.54, 1.807) is 26.0 Å². The number of benzene rings is 1. The van der Waals surface area contributed by atoms with E-state index in [4.69, 9.17) is 5.11 Å². The molecule has 0 aromatic heterocycles. The smallest absolute Gasteiger partial charge is 0.326 e. The number of rotatable bonds is 7. The molecule has 0 aliphatic heterocycles. The van der Waals surface area contributed by atoms with E-state index in [0.29, 0.717) is 24.8 Å². The summed E-state index contributed by atoms with van der Waals surface area (Å²) in [4.78, 5) is 22.4. The molecule has 1 aromatic carbocycles. The summed E-state index contributed by atoms with van der Waals surface area (Å²) in [6.45, 7) is 3.41. The number of carboxylic acid groups (broad SMARTS) is 1. The molecule has 0 fully saturated rings. The molecule has 0 bridgehead atoms. The number of amides is 1. The maximum Gasteiger partial charge on any atom is 0.326 e.